The molecule has 0 bridgehead atoms. The number of carbonyl (C=O) groups excluding carboxylic acids is 1. The molecule has 4 aromatic carbocycles. The quantitative estimate of drug-likeness (QED) is 0.0435. The van der Waals surface area contributed by atoms with Gasteiger partial charge in [0.25, 0.3) is 14.4 Å². The number of rotatable bonds is 19. The fourth-order valence-corrected chi connectivity index (χ4v) is 9.75. The Morgan fingerprint density at radius 2 is 1.44 bits per heavy atom. The van der Waals surface area contributed by atoms with Crippen LogP contribution in [0.15, 0.2) is 122 Å². The average Bonchev–Trinajstić information content (AvgIpc) is 3.93. The molecule has 0 saturated carbocycles. The topological polar surface area (TPSA) is 146 Å². The molecule has 4 unspecified atom stereocenters. The van der Waals surface area contributed by atoms with Crippen LogP contribution in [-0.4, -0.2) is 88.9 Å². The lowest BCUT2D eigenvalue weighted by molar-refractivity contribution is -0.0912. The van der Waals surface area contributed by atoms with Crippen LogP contribution >= 0.6 is 8.53 Å². The van der Waals surface area contributed by atoms with Crippen LogP contribution in [0.25, 0.3) is 11.2 Å². The van der Waals surface area contributed by atoms with Gasteiger partial charge in [-0.25, -0.2) is 19.6 Å². The number of ether oxygens (including phenoxy) is 4. The number of imidazole rings is 1. The zero-order valence-electron chi connectivity index (χ0n) is 36.7. The van der Waals surface area contributed by atoms with E-state index in [1.54, 1.807) is 39.7 Å². The molecule has 0 aliphatic carbocycles. The Morgan fingerprint density at radius 3 is 2.02 bits per heavy atom. The van der Waals surface area contributed by atoms with Crippen molar-refractivity contribution in [1.82, 2.24) is 24.2 Å². The molecule has 3 heterocycles. The third-order valence-corrected chi connectivity index (χ3v) is 13.2. The molecule has 2 aromatic heterocycles. The van der Waals surface area contributed by atoms with Crippen LogP contribution in [0.4, 0.5) is 5.82 Å². The Labute approximate surface area is 370 Å². The molecule has 0 spiro atoms. The predicted molar refractivity (Wildman–Crippen MR) is 241 cm³/mol. The summed E-state index contributed by atoms with van der Waals surface area (Å²) in [6.45, 7) is 8.71. The Kier molecular flexibility index (Phi) is 14.8. The molecule has 63 heavy (non-hydrogen) atoms. The number of aromatic nitrogens is 4. The van der Waals surface area contributed by atoms with Gasteiger partial charge < -0.3 is 28.0 Å². The van der Waals surface area contributed by atoms with E-state index in [4.69, 9.17) is 33.0 Å². The molecule has 0 N–H and O–H groups in total. The predicted octanol–water partition coefficient (Wildman–Crippen LogP) is 9.08. The summed E-state index contributed by atoms with van der Waals surface area (Å²) < 4.78 is 43.1. The molecule has 1 aliphatic rings. The van der Waals surface area contributed by atoms with E-state index < -0.39 is 32.6 Å². The number of hydrogen-bond donors (Lipinski definition) is 0. The lowest BCUT2D eigenvalue weighted by Crippen LogP contribution is -2.39. The molecule has 1 fully saturated rings. The van der Waals surface area contributed by atoms with Crippen LogP contribution in [0.1, 0.15) is 73.8 Å². The van der Waals surface area contributed by atoms with E-state index in [1.165, 1.54) is 11.2 Å². The zero-order chi connectivity index (χ0) is 44.5. The van der Waals surface area contributed by atoms with Gasteiger partial charge in [0.1, 0.15) is 35.8 Å². The second kappa shape index (κ2) is 20.6. The van der Waals surface area contributed by atoms with E-state index >= 15 is 0 Å². The number of hydrogen-bond acceptors (Lipinski definition) is 12. The average molecular weight is 872 g/mol. The van der Waals surface area contributed by atoms with Crippen molar-refractivity contribution in [2.75, 3.05) is 39.4 Å². The first kappa shape index (κ1) is 45.3. The van der Waals surface area contributed by atoms with Crippen LogP contribution in [0.3, 0.4) is 0 Å². The van der Waals surface area contributed by atoms with Crippen molar-refractivity contribution in [1.29, 1.82) is 5.26 Å². The largest absolute Gasteiger partial charge is 0.497 e. The summed E-state index contributed by atoms with van der Waals surface area (Å²) in [4.78, 5) is 28.9. The Hall–Kier alpha value is -5.78. The number of fused-ring (bicyclic) bond motifs is 1. The molecule has 14 nitrogen and oxygen atoms in total. The highest BCUT2D eigenvalue weighted by Gasteiger charge is 2.45. The Bertz CT molecular complexity index is 2390. The summed E-state index contributed by atoms with van der Waals surface area (Å²) in [6.07, 6.45) is 1.89. The number of anilines is 1. The third kappa shape index (κ3) is 9.75. The van der Waals surface area contributed by atoms with E-state index in [9.17, 15) is 10.1 Å². The monoisotopic (exact) mass is 871 g/mol. The van der Waals surface area contributed by atoms with Gasteiger partial charge >= 0.3 is 0 Å². The maximum atomic E-state index is 13.5. The van der Waals surface area contributed by atoms with Gasteiger partial charge in [-0.05, 0) is 80.8 Å². The molecule has 15 heteroatoms. The summed E-state index contributed by atoms with van der Waals surface area (Å²) >= 11 is 0. The van der Waals surface area contributed by atoms with Crippen molar-refractivity contribution in [3.05, 3.63) is 144 Å². The molecular weight excluding hydrogens is 818 g/mol. The van der Waals surface area contributed by atoms with E-state index in [0.717, 1.165) is 16.7 Å². The van der Waals surface area contributed by atoms with Crippen molar-refractivity contribution >= 4 is 31.4 Å². The molecule has 4 atom stereocenters. The molecule has 7 rings (SSSR count). The highest BCUT2D eigenvalue weighted by molar-refractivity contribution is 7.44. The minimum Gasteiger partial charge on any atom is -0.497 e. The maximum absolute atomic E-state index is 13.5. The first-order chi connectivity index (χ1) is 30.6. The highest BCUT2D eigenvalue weighted by atomic mass is 31.2. The Morgan fingerprint density at radius 1 is 0.857 bits per heavy atom. The van der Waals surface area contributed by atoms with Crippen molar-refractivity contribution in [3.8, 4) is 17.6 Å². The molecular formula is C48H54N7O7P. The molecule has 1 amide bonds. The van der Waals surface area contributed by atoms with E-state index in [2.05, 4.69) is 60.5 Å². The maximum Gasteiger partial charge on any atom is 0.259 e. The van der Waals surface area contributed by atoms with E-state index in [-0.39, 0.29) is 37.6 Å². The van der Waals surface area contributed by atoms with Crippen LogP contribution in [0.5, 0.6) is 11.5 Å². The third-order valence-electron chi connectivity index (χ3n) is 11.0. The second-order valence-corrected chi connectivity index (χ2v) is 17.0. The number of nitrogens with zero attached hydrogens (tertiary/aromatic N) is 7. The number of methoxy groups -OCH3 is 2. The lowest BCUT2D eigenvalue weighted by Gasteiger charge is -2.39. The molecule has 0 radical (unpaired) electrons. The smallest absolute Gasteiger partial charge is 0.259 e. The molecule has 1 aliphatic heterocycles. The standard InChI is InChI=1S/C48H54N7O7P/c1-33(2)55(34(3)4)63(60-28-14-27-49)62-41-29-43(54-32-52-44-45(50-31-51-46(44)54)53(5)47(56)35-15-10-8-11-16-35)61-42(41)30-59-48(36-17-12-9-13-18-36,37-19-23-39(57-6)24-20-37)38-21-25-40(58-7)26-22-38/h8-13,15-26,31-34,41-43H,14,28-30H2,1-7H3. The zero-order valence-corrected chi connectivity index (χ0v) is 37.6. The van der Waals surface area contributed by atoms with Gasteiger partial charge in [-0.3, -0.25) is 14.3 Å². The lowest BCUT2D eigenvalue weighted by atomic mass is 9.80. The van der Waals surface area contributed by atoms with Gasteiger partial charge in [0.15, 0.2) is 17.0 Å². The van der Waals surface area contributed by atoms with Crippen LogP contribution in [-0.2, 0) is 24.1 Å². The summed E-state index contributed by atoms with van der Waals surface area (Å²) in [6, 6.07) is 37.2. The molecule has 6 aromatic rings. The highest BCUT2D eigenvalue weighted by Crippen LogP contribution is 2.51. The Balaban J connectivity index is 1.30. The first-order valence-electron chi connectivity index (χ1n) is 21.0. The van der Waals surface area contributed by atoms with E-state index in [1.807, 2.05) is 89.5 Å². The summed E-state index contributed by atoms with van der Waals surface area (Å²) in [5.41, 5.74) is 2.99. The number of carbonyl (C=O) groups is 1. The van der Waals surface area contributed by atoms with Gasteiger partial charge in [0, 0.05) is 31.1 Å². The van der Waals surface area contributed by atoms with Crippen LogP contribution < -0.4 is 14.4 Å². The minimum atomic E-state index is -1.66. The fraction of sp³-hybridized carbons (Fsp3) is 0.354. The minimum absolute atomic E-state index is 0.0742. The van der Waals surface area contributed by atoms with Crippen molar-refractivity contribution in [2.24, 2.45) is 0 Å². The van der Waals surface area contributed by atoms with Crippen LogP contribution in [0.2, 0.25) is 0 Å². The summed E-state index contributed by atoms with van der Waals surface area (Å²) in [5.74, 6) is 1.56. The normalized spacial score (nSPS) is 17.0. The summed E-state index contributed by atoms with van der Waals surface area (Å²) in [7, 11) is 3.30. The number of nitriles is 1. The van der Waals surface area contributed by atoms with Gasteiger partial charge in [-0.2, -0.15) is 5.26 Å². The van der Waals surface area contributed by atoms with Crippen LogP contribution in [0, 0.1) is 11.3 Å². The molecule has 328 valence electrons. The van der Waals surface area contributed by atoms with E-state index in [0.29, 0.717) is 40.5 Å². The molecule has 1 saturated heterocycles. The van der Waals surface area contributed by atoms with Gasteiger partial charge in [-0.15, -0.1) is 0 Å². The van der Waals surface area contributed by atoms with Crippen molar-refractivity contribution in [3.63, 3.8) is 0 Å². The van der Waals surface area contributed by atoms with Crippen molar-refractivity contribution < 1.29 is 32.8 Å². The van der Waals surface area contributed by atoms with Gasteiger partial charge in [0.2, 0.25) is 0 Å². The first-order valence-corrected chi connectivity index (χ1v) is 22.1. The van der Waals surface area contributed by atoms with Gasteiger partial charge in [-0.1, -0.05) is 72.8 Å². The SMILES string of the molecule is COc1ccc(C(OCC2OC(n3cnc4c(N(C)C(=O)c5ccccc5)ncnc43)CC2OP(OCCC#N)N(C(C)C)C(C)C)(c2ccccc2)c2ccc(OC)cc2)cc1. The number of benzene rings is 4. The second-order valence-electron chi connectivity index (χ2n) is 15.6. The fourth-order valence-electron chi connectivity index (χ4n) is 7.99. The van der Waals surface area contributed by atoms with Gasteiger partial charge in [0.05, 0.1) is 52.4 Å². The number of amides is 1. The summed E-state index contributed by atoms with van der Waals surface area (Å²) in [5, 5.41) is 9.45. The van der Waals surface area contributed by atoms with Crippen molar-refractivity contribution in [2.45, 2.75) is 76.7 Å².